The van der Waals surface area contributed by atoms with E-state index < -0.39 is 0 Å². The van der Waals surface area contributed by atoms with Crippen molar-refractivity contribution in [3.63, 3.8) is 0 Å². The van der Waals surface area contributed by atoms with Gasteiger partial charge in [-0.05, 0) is 225 Å². The lowest BCUT2D eigenvalue weighted by Crippen LogP contribution is -2.31. The molecule has 0 radical (unpaired) electrons. The highest BCUT2D eigenvalue weighted by Gasteiger charge is 2.40. The van der Waals surface area contributed by atoms with Crippen LogP contribution in [0.5, 0.6) is 0 Å². The van der Waals surface area contributed by atoms with E-state index in [4.69, 9.17) is 16.1 Å². The fraction of sp³-hybridized carbons (Fsp3) is 0.238. The van der Waals surface area contributed by atoms with Crippen molar-refractivity contribution in [1.82, 2.24) is 4.57 Å². The Morgan fingerprint density at radius 3 is 1.79 bits per heavy atom. The van der Waals surface area contributed by atoms with Crippen LogP contribution in [-0.2, 0) is 15.9 Å². The van der Waals surface area contributed by atoms with Crippen LogP contribution in [0.4, 0.5) is 0 Å². The Kier molecular flexibility index (Phi) is 14.1. The largest absolute Gasteiger partial charge is 0.488 e. The van der Waals surface area contributed by atoms with Gasteiger partial charge in [0.15, 0.2) is 0 Å². The summed E-state index contributed by atoms with van der Waals surface area (Å²) in [6.45, 7) is 9.42. The van der Waals surface area contributed by atoms with Crippen LogP contribution in [-0.4, -0.2) is 23.4 Å². The third-order valence-electron chi connectivity index (χ3n) is 20.6. The van der Waals surface area contributed by atoms with Crippen LogP contribution < -0.4 is 0 Å². The van der Waals surface area contributed by atoms with Crippen LogP contribution in [0.3, 0.4) is 0 Å². The van der Waals surface area contributed by atoms with Gasteiger partial charge < -0.3 is 14.0 Å². The van der Waals surface area contributed by atoms with Crippen LogP contribution in [0.1, 0.15) is 101 Å². The number of nitrogens with zero attached hydrogens (tertiary/aromatic N) is 1. The SMILES string of the molecule is C=C/C=C\C1=C(Cc2ccc3c(c2)c2cc([C@H]4C/C=C\C(=C)C5C=CC=C(C6=C7CCCCC7=CCC6)C5OC4)ccc2n3-c2ccc(-c3c4ccccc4c(-c4ccccc4)c4ccccc34)cc2)OC2C(C3=C4CCCCC4=CCC3)=CC=CC12. The third kappa shape index (κ3) is 9.53. The Morgan fingerprint density at radius 2 is 1.14 bits per heavy atom. The average molecular weight is 1130 g/mol. The number of hydrogen-bond acceptors (Lipinski definition) is 2. The van der Waals surface area contributed by atoms with Gasteiger partial charge in [0, 0.05) is 46.2 Å². The molecule has 3 nitrogen and oxygen atoms in total. The minimum Gasteiger partial charge on any atom is -0.488 e. The first kappa shape index (κ1) is 53.7. The summed E-state index contributed by atoms with van der Waals surface area (Å²) in [7, 11) is 0. The molecule has 0 bridgehead atoms. The fourth-order valence-electron chi connectivity index (χ4n) is 16.5. The molecule has 6 aliphatic carbocycles. The van der Waals surface area contributed by atoms with E-state index in [1.807, 2.05) is 6.08 Å². The van der Waals surface area contributed by atoms with Gasteiger partial charge >= 0.3 is 0 Å². The molecular weight excluding hydrogens is 1050 g/mol. The summed E-state index contributed by atoms with van der Waals surface area (Å²) in [4.78, 5) is 0. The van der Waals surface area contributed by atoms with E-state index in [9.17, 15) is 0 Å². The van der Waals surface area contributed by atoms with Crippen molar-refractivity contribution < 1.29 is 9.47 Å². The van der Waals surface area contributed by atoms with Crippen LogP contribution >= 0.6 is 0 Å². The Hall–Kier alpha value is -8.76. The van der Waals surface area contributed by atoms with Gasteiger partial charge in [-0.2, -0.15) is 0 Å². The minimum absolute atomic E-state index is 0.0401. The zero-order chi connectivity index (χ0) is 58.0. The van der Waals surface area contributed by atoms with Gasteiger partial charge in [0.05, 0.1) is 23.7 Å². The zero-order valence-corrected chi connectivity index (χ0v) is 50.0. The van der Waals surface area contributed by atoms with E-state index in [2.05, 4.69) is 224 Å². The molecule has 2 saturated carbocycles. The van der Waals surface area contributed by atoms with Gasteiger partial charge in [0.2, 0.25) is 0 Å². The Labute approximate surface area is 513 Å². The van der Waals surface area contributed by atoms with E-state index in [1.54, 1.807) is 22.3 Å². The van der Waals surface area contributed by atoms with E-state index >= 15 is 0 Å². The average Bonchev–Trinajstić information content (AvgIpc) is 2.19. The summed E-state index contributed by atoms with van der Waals surface area (Å²) in [6.07, 6.45) is 45.7. The monoisotopic (exact) mass is 1130 g/mol. The number of rotatable bonds is 10. The van der Waals surface area contributed by atoms with Crippen molar-refractivity contribution >= 4 is 43.4 Å². The Balaban J connectivity index is 0.797. The molecule has 1 aromatic heterocycles. The lowest BCUT2D eigenvalue weighted by Gasteiger charge is -2.35. The van der Waals surface area contributed by atoms with E-state index in [0.717, 1.165) is 49.1 Å². The highest BCUT2D eigenvalue weighted by Crippen LogP contribution is 2.50. The van der Waals surface area contributed by atoms with Crippen molar-refractivity contribution in [1.29, 1.82) is 0 Å². The lowest BCUT2D eigenvalue weighted by atomic mass is 9.74. The standard InChI is InChI=1S/C84H75NO2/c1-3-4-29-68-75-41-20-40-74(67-38-18-27-57-23-9-11-31-65(57)67)84(75)87-80(68)51-55-42-48-78-76(50-55)77-52-60(61-28-16-21-54(2)63-36-19-39-73(83(63)86-53-61)66-37-17-26-56-22-8-10-30-64(56)66)45-49-79(77)85(78)62-46-43-59(44-47-62)82-71-34-14-12-32-69(71)81(58-24-6-5-7-25-58)70-33-13-15-35-72(70)82/h3-7,12-16,19-21,24-27,29,32-36,39-50,52,61,63,75,83-84H,1-2,8-11,17-18,22-23,28,30-31,37-38,51,53H2/b21-16-,29-4-/t61-,63?,75?,83?,84?/m0/s1. The number of aromatic nitrogens is 1. The molecule has 7 aromatic carbocycles. The van der Waals surface area contributed by atoms with Gasteiger partial charge in [-0.3, -0.25) is 0 Å². The second kappa shape index (κ2) is 22.8. The minimum atomic E-state index is -0.0729. The Morgan fingerprint density at radius 1 is 0.552 bits per heavy atom. The summed E-state index contributed by atoms with van der Waals surface area (Å²) in [5.74, 6) is 1.44. The second-order valence-electron chi connectivity index (χ2n) is 25.5. The van der Waals surface area contributed by atoms with Crippen molar-refractivity contribution in [2.75, 3.05) is 6.61 Å². The van der Waals surface area contributed by atoms with Crippen molar-refractivity contribution in [2.45, 2.75) is 108 Å². The molecule has 3 heteroatoms. The van der Waals surface area contributed by atoms with E-state index in [1.165, 1.54) is 156 Å². The quantitative estimate of drug-likeness (QED) is 0.101. The molecule has 16 rings (SSSR count). The predicted octanol–water partition coefficient (Wildman–Crippen LogP) is 21.8. The molecule has 0 N–H and O–H groups in total. The van der Waals surface area contributed by atoms with Crippen LogP contribution in [0.15, 0.2) is 293 Å². The smallest absolute Gasteiger partial charge is 0.134 e. The van der Waals surface area contributed by atoms with E-state index in [0.29, 0.717) is 13.0 Å². The topological polar surface area (TPSA) is 23.4 Å². The summed E-state index contributed by atoms with van der Waals surface area (Å²) in [5.41, 5.74) is 25.6. The van der Waals surface area contributed by atoms with Crippen LogP contribution in [0.2, 0.25) is 0 Å². The maximum atomic E-state index is 7.37. The summed E-state index contributed by atoms with van der Waals surface area (Å²) in [6, 6.07) is 52.6. The lowest BCUT2D eigenvalue weighted by molar-refractivity contribution is 0.0507. The normalized spacial score (nSPS) is 23.4. The molecule has 428 valence electrons. The first-order chi connectivity index (χ1) is 43.0. The summed E-state index contributed by atoms with van der Waals surface area (Å²) < 4.78 is 17.2. The molecular formula is C84H75NO2. The van der Waals surface area contributed by atoms with Crippen LogP contribution in [0, 0.1) is 11.8 Å². The number of allylic oxidation sites excluding steroid dienone is 16. The van der Waals surface area contributed by atoms with Crippen molar-refractivity contribution in [2.24, 2.45) is 11.8 Å². The number of fused-ring (bicyclic) bond motifs is 9. The molecule has 8 aromatic rings. The summed E-state index contributed by atoms with van der Waals surface area (Å²) in [5, 5.41) is 7.53. The van der Waals surface area contributed by atoms with Gasteiger partial charge in [-0.25, -0.2) is 0 Å². The van der Waals surface area contributed by atoms with Crippen LogP contribution in [0.25, 0.3) is 71.3 Å². The molecule has 87 heavy (non-hydrogen) atoms. The number of ether oxygens (including phenoxy) is 2. The van der Waals surface area contributed by atoms with Crippen molar-refractivity contribution in [3.05, 3.63) is 304 Å². The molecule has 2 aliphatic heterocycles. The number of hydrogen-bond donors (Lipinski definition) is 0. The maximum Gasteiger partial charge on any atom is 0.134 e. The highest BCUT2D eigenvalue weighted by molar-refractivity contribution is 6.21. The van der Waals surface area contributed by atoms with Gasteiger partial charge in [-0.15, -0.1) is 0 Å². The maximum absolute atomic E-state index is 7.37. The van der Waals surface area contributed by atoms with E-state index in [-0.39, 0.29) is 30.0 Å². The zero-order valence-electron chi connectivity index (χ0n) is 50.0. The molecule has 0 saturated heterocycles. The van der Waals surface area contributed by atoms with Crippen molar-refractivity contribution in [3.8, 4) is 27.9 Å². The first-order valence-corrected chi connectivity index (χ1v) is 32.5. The molecule has 4 unspecified atom stereocenters. The van der Waals surface area contributed by atoms with Gasteiger partial charge in [-0.1, -0.05) is 195 Å². The van der Waals surface area contributed by atoms with Gasteiger partial charge in [0.1, 0.15) is 11.9 Å². The van der Waals surface area contributed by atoms with Gasteiger partial charge in [0.25, 0.3) is 0 Å². The summed E-state index contributed by atoms with van der Waals surface area (Å²) >= 11 is 0. The number of benzene rings is 7. The molecule has 5 atom stereocenters. The Bertz CT molecular complexity index is 4470. The fourth-order valence-corrected chi connectivity index (χ4v) is 16.5. The molecule has 8 aliphatic rings. The first-order valence-electron chi connectivity index (χ1n) is 32.5. The predicted molar refractivity (Wildman–Crippen MR) is 364 cm³/mol. The molecule has 2 fully saturated rings. The highest BCUT2D eigenvalue weighted by atomic mass is 16.5. The molecule has 3 heterocycles. The molecule has 0 amide bonds. The second-order valence-corrected chi connectivity index (χ2v) is 25.5. The third-order valence-corrected chi connectivity index (χ3v) is 20.6. The molecule has 0 spiro atoms.